The van der Waals surface area contributed by atoms with Crippen molar-refractivity contribution in [2.45, 2.75) is 70.2 Å². The number of fused-ring (bicyclic) bond motifs is 7. The Hall–Kier alpha value is -1.06. The van der Waals surface area contributed by atoms with E-state index in [9.17, 15) is 0 Å². The Kier molecular flexibility index (Phi) is 3.75. The smallest absolute Gasteiger partial charge is 0.155 e. The average molecular weight is 357 g/mol. The molecule has 0 spiro atoms. The van der Waals surface area contributed by atoms with Crippen LogP contribution in [0.4, 0.5) is 0 Å². The maximum absolute atomic E-state index is 6.54. The summed E-state index contributed by atoms with van der Waals surface area (Å²) >= 11 is 0. The van der Waals surface area contributed by atoms with Crippen molar-refractivity contribution in [1.82, 2.24) is 0 Å². The van der Waals surface area contributed by atoms with E-state index in [1.807, 2.05) is 0 Å². The van der Waals surface area contributed by atoms with E-state index in [2.05, 4.69) is 32.0 Å². The minimum Gasteiger partial charge on any atom is -0.497 e. The predicted molar refractivity (Wildman–Crippen MR) is 101 cm³/mol. The molecule has 3 heteroatoms. The van der Waals surface area contributed by atoms with Crippen LogP contribution in [-0.4, -0.2) is 26.1 Å². The summed E-state index contributed by atoms with van der Waals surface area (Å²) in [6.45, 7) is 4.59. The van der Waals surface area contributed by atoms with Crippen LogP contribution in [0.3, 0.4) is 0 Å². The molecular weight excluding hydrogens is 324 g/mol. The first-order valence-electron chi connectivity index (χ1n) is 10.4. The van der Waals surface area contributed by atoms with E-state index in [1.165, 1.54) is 44.1 Å². The molecule has 1 aromatic rings. The quantitative estimate of drug-likeness (QED) is 0.716. The summed E-state index contributed by atoms with van der Waals surface area (Å²) in [5, 5.41) is 0. The van der Waals surface area contributed by atoms with Gasteiger partial charge in [-0.25, -0.2) is 0 Å². The van der Waals surface area contributed by atoms with Gasteiger partial charge in [0, 0.05) is 12.5 Å². The van der Waals surface area contributed by atoms with Gasteiger partial charge < -0.3 is 14.2 Å². The highest BCUT2D eigenvalue weighted by atomic mass is 16.7. The first kappa shape index (κ1) is 17.1. The number of methoxy groups -OCH3 is 2. The van der Waals surface area contributed by atoms with Gasteiger partial charge in [-0.1, -0.05) is 13.0 Å². The van der Waals surface area contributed by atoms with Gasteiger partial charge in [-0.05, 0) is 92.4 Å². The van der Waals surface area contributed by atoms with Gasteiger partial charge in [-0.3, -0.25) is 0 Å². The molecule has 1 aromatic carbocycles. The first-order chi connectivity index (χ1) is 12.5. The molecule has 26 heavy (non-hydrogen) atoms. The van der Waals surface area contributed by atoms with Crippen LogP contribution in [-0.2, 0) is 15.9 Å². The third kappa shape index (κ3) is 2.13. The van der Waals surface area contributed by atoms with E-state index in [0.717, 1.165) is 29.4 Å². The summed E-state index contributed by atoms with van der Waals surface area (Å²) in [7, 11) is 3.53. The molecule has 3 fully saturated rings. The Morgan fingerprint density at radius 1 is 1.19 bits per heavy atom. The molecule has 0 aliphatic heterocycles. The molecule has 0 saturated heterocycles. The van der Waals surface area contributed by atoms with Crippen molar-refractivity contribution in [3.63, 3.8) is 0 Å². The molecule has 0 N–H and O–H groups in total. The zero-order valence-electron chi connectivity index (χ0n) is 16.6. The van der Waals surface area contributed by atoms with Crippen LogP contribution < -0.4 is 4.74 Å². The van der Waals surface area contributed by atoms with Gasteiger partial charge in [0.15, 0.2) is 6.29 Å². The van der Waals surface area contributed by atoms with Crippen LogP contribution in [0.1, 0.15) is 63.0 Å². The van der Waals surface area contributed by atoms with E-state index in [1.54, 1.807) is 19.8 Å². The fraction of sp³-hybridized carbons (Fsp3) is 0.739. The molecule has 3 nitrogen and oxygen atoms in total. The number of aryl methyl sites for hydroxylation is 1. The monoisotopic (exact) mass is 356 g/mol. The lowest BCUT2D eigenvalue weighted by Crippen LogP contribution is -2.48. The molecule has 0 radical (unpaired) electrons. The van der Waals surface area contributed by atoms with Gasteiger partial charge in [-0.2, -0.15) is 0 Å². The lowest BCUT2D eigenvalue weighted by Gasteiger charge is -2.52. The highest BCUT2D eigenvalue weighted by Gasteiger charge is 2.75. The van der Waals surface area contributed by atoms with Crippen LogP contribution >= 0.6 is 0 Å². The average Bonchev–Trinajstić information content (AvgIpc) is 3.30. The van der Waals surface area contributed by atoms with Crippen molar-refractivity contribution >= 4 is 0 Å². The number of hydrogen-bond acceptors (Lipinski definition) is 3. The summed E-state index contributed by atoms with van der Waals surface area (Å²) in [6, 6.07) is 6.78. The lowest BCUT2D eigenvalue weighted by molar-refractivity contribution is -0.201. The van der Waals surface area contributed by atoms with Crippen LogP contribution in [0.15, 0.2) is 18.2 Å². The van der Waals surface area contributed by atoms with E-state index < -0.39 is 0 Å². The van der Waals surface area contributed by atoms with Crippen LogP contribution in [0.25, 0.3) is 0 Å². The third-order valence-electron chi connectivity index (χ3n) is 8.59. The second kappa shape index (κ2) is 5.72. The highest BCUT2D eigenvalue weighted by Crippen LogP contribution is 2.76. The Morgan fingerprint density at radius 2 is 2.04 bits per heavy atom. The summed E-state index contributed by atoms with van der Waals surface area (Å²) in [5.74, 6) is 4.12. The zero-order valence-corrected chi connectivity index (χ0v) is 16.6. The fourth-order valence-corrected chi connectivity index (χ4v) is 7.18. The molecule has 4 aliphatic rings. The number of ether oxygens (including phenoxy) is 3. The summed E-state index contributed by atoms with van der Waals surface area (Å²) in [5.41, 5.74) is 3.55. The highest BCUT2D eigenvalue weighted by molar-refractivity contribution is 5.41. The van der Waals surface area contributed by atoms with Crippen molar-refractivity contribution in [1.29, 1.82) is 0 Å². The first-order valence-corrected chi connectivity index (χ1v) is 10.4. The van der Waals surface area contributed by atoms with Crippen molar-refractivity contribution < 1.29 is 14.2 Å². The molecule has 5 rings (SSSR count). The maximum atomic E-state index is 6.54. The van der Waals surface area contributed by atoms with Gasteiger partial charge in [0.2, 0.25) is 0 Å². The second-order valence-corrected chi connectivity index (χ2v) is 9.38. The molecule has 0 aromatic heterocycles. The third-order valence-corrected chi connectivity index (χ3v) is 8.59. The minimum atomic E-state index is -0.0900. The maximum Gasteiger partial charge on any atom is 0.155 e. The van der Waals surface area contributed by atoms with Gasteiger partial charge >= 0.3 is 0 Å². The normalized spacial score (nSPS) is 43.7. The van der Waals surface area contributed by atoms with E-state index in [4.69, 9.17) is 14.2 Å². The Balaban J connectivity index is 1.44. The zero-order chi connectivity index (χ0) is 18.1. The van der Waals surface area contributed by atoms with E-state index in [0.29, 0.717) is 5.41 Å². The van der Waals surface area contributed by atoms with E-state index >= 15 is 0 Å². The molecule has 0 heterocycles. The standard InChI is InChI=1S/C23H32O3/c1-14(24-3)26-23-13-16(23)12-21-20-7-5-15-11-17(25-4)6-8-18(15)19(20)9-10-22(21,23)2/h6,8,11,14,16,19-21H,5,7,9-10,12-13H2,1-4H3/t14?,16-,19+,20+,21-,22-,23?/m0/s1. The largest absolute Gasteiger partial charge is 0.497 e. The van der Waals surface area contributed by atoms with E-state index in [-0.39, 0.29) is 11.9 Å². The molecule has 142 valence electrons. The molecule has 4 aliphatic carbocycles. The van der Waals surface area contributed by atoms with Crippen molar-refractivity contribution in [2.24, 2.45) is 23.2 Å². The van der Waals surface area contributed by atoms with Gasteiger partial charge in [0.05, 0.1) is 12.7 Å². The lowest BCUT2D eigenvalue weighted by atomic mass is 9.54. The van der Waals surface area contributed by atoms with Gasteiger partial charge in [-0.15, -0.1) is 0 Å². The van der Waals surface area contributed by atoms with Crippen molar-refractivity contribution in [3.8, 4) is 5.75 Å². The Bertz CT molecular complexity index is 715. The van der Waals surface area contributed by atoms with Crippen molar-refractivity contribution in [2.75, 3.05) is 14.2 Å². The SMILES string of the molecule is COc1ccc2c(c1)CC[C@@H]1[C@@H]2CC[C@@]2(C)[C@H]1C[C@H]1CC12OC(C)OC. The Morgan fingerprint density at radius 3 is 2.81 bits per heavy atom. The molecule has 3 saturated carbocycles. The second-order valence-electron chi connectivity index (χ2n) is 9.38. The van der Waals surface area contributed by atoms with Crippen molar-refractivity contribution in [3.05, 3.63) is 29.3 Å². The summed E-state index contributed by atoms with van der Waals surface area (Å²) < 4.78 is 17.5. The van der Waals surface area contributed by atoms with Gasteiger partial charge in [0.1, 0.15) is 5.75 Å². The summed E-state index contributed by atoms with van der Waals surface area (Å²) in [4.78, 5) is 0. The number of rotatable bonds is 4. The molecule has 2 unspecified atom stereocenters. The summed E-state index contributed by atoms with van der Waals surface area (Å²) in [6.07, 6.45) is 7.64. The van der Waals surface area contributed by atoms with Crippen LogP contribution in [0.5, 0.6) is 5.75 Å². The number of hydrogen-bond donors (Lipinski definition) is 0. The molecule has 0 bridgehead atoms. The van der Waals surface area contributed by atoms with Gasteiger partial charge in [0.25, 0.3) is 0 Å². The molecule has 7 atom stereocenters. The topological polar surface area (TPSA) is 27.7 Å². The van der Waals surface area contributed by atoms with Crippen LogP contribution in [0.2, 0.25) is 0 Å². The Labute approximate surface area is 157 Å². The molecular formula is C23H32O3. The minimum absolute atomic E-state index is 0.0900. The number of benzene rings is 1. The molecule has 0 amide bonds. The fourth-order valence-electron chi connectivity index (χ4n) is 7.18. The van der Waals surface area contributed by atoms with Crippen LogP contribution in [0, 0.1) is 23.2 Å². The predicted octanol–water partition coefficient (Wildman–Crippen LogP) is 4.93.